The number of alkyl halides is 8. The first kappa shape index (κ1) is 15.4. The first-order valence-corrected chi connectivity index (χ1v) is 4.54. The molecule has 10 heteroatoms. The monoisotopic (exact) mass is 295 g/mol. The van der Waals surface area contributed by atoms with E-state index in [4.69, 9.17) is 0 Å². The molecule has 1 aromatic heterocycles. The molecular formula is C9H5F8NO. The highest BCUT2D eigenvalue weighted by atomic mass is 19.4. The van der Waals surface area contributed by atoms with Crippen molar-refractivity contribution in [2.75, 3.05) is 0 Å². The maximum atomic E-state index is 12.6. The normalized spacial score (nSPS) is 12.9. The molecular weight excluding hydrogens is 290 g/mol. The lowest BCUT2D eigenvalue weighted by atomic mass is 10.1. The molecule has 0 unspecified atom stereocenters. The van der Waals surface area contributed by atoms with Crippen LogP contribution in [-0.4, -0.2) is 11.3 Å². The topological polar surface area (TPSA) is 22.1 Å². The Morgan fingerprint density at radius 2 is 1.63 bits per heavy atom. The molecule has 0 N–H and O–H groups in total. The highest BCUT2D eigenvalue weighted by Gasteiger charge is 2.42. The third-order valence-corrected chi connectivity index (χ3v) is 2.00. The van der Waals surface area contributed by atoms with Gasteiger partial charge in [0.15, 0.2) is 5.75 Å². The van der Waals surface area contributed by atoms with Crippen molar-refractivity contribution < 1.29 is 39.9 Å². The predicted octanol–water partition coefficient (Wildman–Crippen LogP) is 4.25. The van der Waals surface area contributed by atoms with Gasteiger partial charge in [-0.1, -0.05) is 0 Å². The van der Waals surface area contributed by atoms with E-state index in [1.807, 2.05) is 0 Å². The lowest BCUT2D eigenvalue weighted by Gasteiger charge is -2.18. The Labute approximate surface area is 101 Å². The summed E-state index contributed by atoms with van der Waals surface area (Å²) in [6.07, 6.45) is -14.3. The SMILES string of the molecule is Cc1ncc(OC(F)(F)F)c(C(F)F)c1C(F)(F)F. The molecule has 0 aliphatic rings. The number of pyridine rings is 1. The maximum Gasteiger partial charge on any atom is 0.573 e. The van der Waals surface area contributed by atoms with E-state index >= 15 is 0 Å². The van der Waals surface area contributed by atoms with E-state index in [0.29, 0.717) is 0 Å². The van der Waals surface area contributed by atoms with Gasteiger partial charge in [-0.2, -0.15) is 13.2 Å². The average molecular weight is 295 g/mol. The molecule has 1 aromatic rings. The highest BCUT2D eigenvalue weighted by Crippen LogP contribution is 2.43. The Balaban J connectivity index is 3.51. The van der Waals surface area contributed by atoms with Crippen LogP contribution in [0.5, 0.6) is 5.75 Å². The Morgan fingerprint density at radius 3 is 2.00 bits per heavy atom. The second kappa shape index (κ2) is 4.82. The zero-order chi connectivity index (χ0) is 15.0. The van der Waals surface area contributed by atoms with Crippen LogP contribution in [-0.2, 0) is 6.18 Å². The van der Waals surface area contributed by atoms with Gasteiger partial charge >= 0.3 is 12.5 Å². The fourth-order valence-corrected chi connectivity index (χ4v) is 1.39. The fourth-order valence-electron chi connectivity index (χ4n) is 1.39. The van der Waals surface area contributed by atoms with Gasteiger partial charge in [-0.05, 0) is 6.92 Å². The van der Waals surface area contributed by atoms with Crippen LogP contribution in [0.1, 0.15) is 23.2 Å². The Hall–Kier alpha value is -1.61. The van der Waals surface area contributed by atoms with Gasteiger partial charge in [0.2, 0.25) is 0 Å². The van der Waals surface area contributed by atoms with Gasteiger partial charge in [0, 0.05) is 0 Å². The molecule has 0 aromatic carbocycles. The van der Waals surface area contributed by atoms with Gasteiger partial charge < -0.3 is 4.74 Å². The van der Waals surface area contributed by atoms with Crippen molar-refractivity contribution >= 4 is 0 Å². The van der Waals surface area contributed by atoms with Crippen LogP contribution in [0.15, 0.2) is 6.20 Å². The van der Waals surface area contributed by atoms with E-state index < -0.39 is 41.5 Å². The van der Waals surface area contributed by atoms with Crippen LogP contribution in [0.3, 0.4) is 0 Å². The lowest BCUT2D eigenvalue weighted by Crippen LogP contribution is -2.21. The molecule has 0 aliphatic carbocycles. The van der Waals surface area contributed by atoms with Crippen molar-refractivity contribution in [3.8, 4) is 5.75 Å². The van der Waals surface area contributed by atoms with Gasteiger partial charge in [-0.15, -0.1) is 13.2 Å². The molecule has 0 amide bonds. The number of halogens is 8. The van der Waals surface area contributed by atoms with E-state index in [1.54, 1.807) is 0 Å². The minimum atomic E-state index is -5.40. The third kappa shape index (κ3) is 3.67. The van der Waals surface area contributed by atoms with E-state index in [1.165, 1.54) is 0 Å². The summed E-state index contributed by atoms with van der Waals surface area (Å²) in [5.41, 5.74) is -4.67. The molecule has 2 nitrogen and oxygen atoms in total. The summed E-state index contributed by atoms with van der Waals surface area (Å²) in [7, 11) is 0. The molecule has 1 rings (SSSR count). The first-order chi connectivity index (χ1) is 8.43. The van der Waals surface area contributed by atoms with E-state index in [-0.39, 0.29) is 6.20 Å². The number of hydrogen-bond donors (Lipinski definition) is 0. The van der Waals surface area contributed by atoms with Crippen LogP contribution < -0.4 is 4.74 Å². The van der Waals surface area contributed by atoms with Crippen molar-refractivity contribution in [2.24, 2.45) is 0 Å². The Bertz CT molecular complexity index is 465. The van der Waals surface area contributed by atoms with Crippen LogP contribution in [0, 0.1) is 6.92 Å². The van der Waals surface area contributed by atoms with Gasteiger partial charge in [0.1, 0.15) is 0 Å². The van der Waals surface area contributed by atoms with E-state index in [0.717, 1.165) is 6.92 Å². The predicted molar refractivity (Wildman–Crippen MR) is 45.6 cm³/mol. The molecule has 0 saturated carbocycles. The van der Waals surface area contributed by atoms with E-state index in [2.05, 4.69) is 9.72 Å². The van der Waals surface area contributed by atoms with Gasteiger partial charge in [-0.25, -0.2) is 8.78 Å². The zero-order valence-electron chi connectivity index (χ0n) is 9.03. The highest BCUT2D eigenvalue weighted by molar-refractivity contribution is 5.43. The zero-order valence-corrected chi connectivity index (χ0v) is 9.03. The van der Waals surface area contributed by atoms with Crippen molar-refractivity contribution in [1.29, 1.82) is 0 Å². The number of rotatable bonds is 2. The fraction of sp³-hybridized carbons (Fsp3) is 0.444. The summed E-state index contributed by atoms with van der Waals surface area (Å²) in [4.78, 5) is 2.99. The maximum absolute atomic E-state index is 12.6. The van der Waals surface area contributed by atoms with Gasteiger partial charge in [0.05, 0.1) is 23.0 Å². The van der Waals surface area contributed by atoms with Crippen LogP contribution >= 0.6 is 0 Å². The summed E-state index contributed by atoms with van der Waals surface area (Å²) in [5, 5.41) is 0. The number of aromatic nitrogens is 1. The molecule has 0 spiro atoms. The molecule has 0 atom stereocenters. The molecule has 0 bridgehead atoms. The first-order valence-electron chi connectivity index (χ1n) is 4.54. The van der Waals surface area contributed by atoms with Crippen LogP contribution in [0.25, 0.3) is 0 Å². The molecule has 0 saturated heterocycles. The summed E-state index contributed by atoms with van der Waals surface area (Å²) < 4.78 is 102. The average Bonchev–Trinajstić information content (AvgIpc) is 2.15. The van der Waals surface area contributed by atoms with Crippen LogP contribution in [0.2, 0.25) is 0 Å². The summed E-state index contributed by atoms with van der Waals surface area (Å²) in [6, 6.07) is 0. The minimum absolute atomic E-state index is 0.180. The second-order valence-electron chi connectivity index (χ2n) is 3.34. The number of ether oxygens (including phenoxy) is 1. The molecule has 108 valence electrons. The number of nitrogens with zero attached hydrogens (tertiary/aromatic N) is 1. The standard InChI is InChI=1S/C9H5F8NO/c1-3-6(8(12,13)14)5(7(10)11)4(2-18-3)19-9(15,16)17/h2,7H,1H3. The lowest BCUT2D eigenvalue weighted by molar-refractivity contribution is -0.275. The Morgan fingerprint density at radius 1 is 1.11 bits per heavy atom. The molecule has 0 fully saturated rings. The minimum Gasteiger partial charge on any atom is -0.404 e. The molecule has 19 heavy (non-hydrogen) atoms. The third-order valence-electron chi connectivity index (χ3n) is 2.00. The quantitative estimate of drug-likeness (QED) is 0.761. The number of aryl methyl sites for hydroxylation is 1. The molecule has 0 radical (unpaired) electrons. The largest absolute Gasteiger partial charge is 0.573 e. The van der Waals surface area contributed by atoms with Crippen molar-refractivity contribution in [1.82, 2.24) is 4.98 Å². The van der Waals surface area contributed by atoms with Crippen molar-refractivity contribution in [3.05, 3.63) is 23.0 Å². The van der Waals surface area contributed by atoms with E-state index in [9.17, 15) is 35.1 Å². The van der Waals surface area contributed by atoms with Gasteiger partial charge in [0.25, 0.3) is 6.43 Å². The van der Waals surface area contributed by atoms with Crippen molar-refractivity contribution in [2.45, 2.75) is 25.9 Å². The van der Waals surface area contributed by atoms with Crippen LogP contribution in [0.4, 0.5) is 35.1 Å². The summed E-state index contributed by atoms with van der Waals surface area (Å²) in [6.45, 7) is 0.756. The second-order valence-corrected chi connectivity index (χ2v) is 3.34. The molecule has 1 heterocycles. The summed E-state index contributed by atoms with van der Waals surface area (Å²) >= 11 is 0. The van der Waals surface area contributed by atoms with Gasteiger partial charge in [-0.3, -0.25) is 4.98 Å². The Kier molecular flexibility index (Phi) is 3.92. The molecule has 0 aliphatic heterocycles. The number of hydrogen-bond acceptors (Lipinski definition) is 2. The van der Waals surface area contributed by atoms with Crippen molar-refractivity contribution in [3.63, 3.8) is 0 Å². The smallest absolute Gasteiger partial charge is 0.404 e. The summed E-state index contributed by atoms with van der Waals surface area (Å²) in [5.74, 6) is -1.67.